The molecule has 0 atom stereocenters. The third-order valence-corrected chi connectivity index (χ3v) is 3.29. The van der Waals surface area contributed by atoms with Crippen LogP contribution in [0.5, 0.6) is 0 Å². The van der Waals surface area contributed by atoms with Gasteiger partial charge in [0.05, 0.1) is 0 Å². The van der Waals surface area contributed by atoms with Crippen molar-refractivity contribution in [3.05, 3.63) is 69.5 Å². The Labute approximate surface area is 123 Å². The first-order valence-corrected chi connectivity index (χ1v) is 6.72. The standard InChI is InChI=1S/C15H9BrN2O2/c16-12-8-6-11(7-9-12)14-18-17-13(15(19)20-14)10-4-2-1-3-5-10/h1-9H. The van der Waals surface area contributed by atoms with Crippen LogP contribution in [0.15, 0.2) is 68.3 Å². The fraction of sp³-hybridized carbons (Fsp3) is 0. The lowest BCUT2D eigenvalue weighted by Gasteiger charge is -2.01. The van der Waals surface area contributed by atoms with Gasteiger partial charge in [-0.2, -0.15) is 0 Å². The summed E-state index contributed by atoms with van der Waals surface area (Å²) < 4.78 is 6.19. The monoisotopic (exact) mass is 328 g/mol. The largest absolute Gasteiger partial charge is 0.400 e. The van der Waals surface area contributed by atoms with Gasteiger partial charge in [0.2, 0.25) is 5.89 Å². The maximum Gasteiger partial charge on any atom is 0.366 e. The van der Waals surface area contributed by atoms with Gasteiger partial charge in [0.15, 0.2) is 5.69 Å². The molecule has 1 heterocycles. The van der Waals surface area contributed by atoms with Crippen molar-refractivity contribution in [2.75, 3.05) is 0 Å². The molecule has 20 heavy (non-hydrogen) atoms. The van der Waals surface area contributed by atoms with Crippen LogP contribution in [0.2, 0.25) is 0 Å². The minimum absolute atomic E-state index is 0.210. The molecule has 0 bridgehead atoms. The highest BCUT2D eigenvalue weighted by Gasteiger charge is 2.10. The Morgan fingerprint density at radius 2 is 1.55 bits per heavy atom. The molecule has 0 saturated carbocycles. The molecule has 0 spiro atoms. The SMILES string of the molecule is O=c1oc(-c2ccc(Br)cc2)nnc1-c1ccccc1. The Morgan fingerprint density at radius 3 is 2.20 bits per heavy atom. The molecule has 98 valence electrons. The third-order valence-electron chi connectivity index (χ3n) is 2.76. The lowest BCUT2D eigenvalue weighted by Crippen LogP contribution is -2.08. The molecule has 3 rings (SSSR count). The molecule has 0 fully saturated rings. The van der Waals surface area contributed by atoms with Gasteiger partial charge in [0, 0.05) is 15.6 Å². The van der Waals surface area contributed by atoms with Crippen molar-refractivity contribution in [3.63, 3.8) is 0 Å². The van der Waals surface area contributed by atoms with Crippen LogP contribution >= 0.6 is 15.9 Å². The molecule has 0 amide bonds. The van der Waals surface area contributed by atoms with Gasteiger partial charge in [0.25, 0.3) is 0 Å². The summed E-state index contributed by atoms with van der Waals surface area (Å²) in [5.74, 6) is 0.210. The highest BCUT2D eigenvalue weighted by atomic mass is 79.9. The van der Waals surface area contributed by atoms with E-state index in [1.54, 1.807) is 24.3 Å². The fourth-order valence-corrected chi connectivity index (χ4v) is 2.04. The van der Waals surface area contributed by atoms with E-state index < -0.39 is 5.63 Å². The number of rotatable bonds is 2. The maximum absolute atomic E-state index is 12.0. The van der Waals surface area contributed by atoms with E-state index in [0.717, 1.165) is 4.47 Å². The zero-order chi connectivity index (χ0) is 13.9. The lowest BCUT2D eigenvalue weighted by atomic mass is 10.2. The number of hydrogen-bond acceptors (Lipinski definition) is 4. The number of aromatic nitrogens is 2. The third kappa shape index (κ3) is 2.53. The van der Waals surface area contributed by atoms with E-state index in [9.17, 15) is 4.79 Å². The van der Waals surface area contributed by atoms with Crippen molar-refractivity contribution < 1.29 is 4.42 Å². The molecular weight excluding hydrogens is 320 g/mol. The lowest BCUT2D eigenvalue weighted by molar-refractivity contribution is 0.494. The average molecular weight is 329 g/mol. The normalized spacial score (nSPS) is 10.4. The van der Waals surface area contributed by atoms with E-state index in [2.05, 4.69) is 26.1 Å². The first-order chi connectivity index (χ1) is 9.74. The second-order valence-corrected chi connectivity index (χ2v) is 5.03. The van der Waals surface area contributed by atoms with Crippen LogP contribution in [0.25, 0.3) is 22.7 Å². The summed E-state index contributed by atoms with van der Waals surface area (Å²) in [5, 5.41) is 7.96. The number of benzene rings is 2. The number of hydrogen-bond donors (Lipinski definition) is 0. The van der Waals surface area contributed by atoms with E-state index in [1.807, 2.05) is 30.3 Å². The van der Waals surface area contributed by atoms with Gasteiger partial charge < -0.3 is 4.42 Å². The topological polar surface area (TPSA) is 56.0 Å². The van der Waals surface area contributed by atoms with Gasteiger partial charge in [-0.15, -0.1) is 10.2 Å². The smallest absolute Gasteiger partial charge is 0.366 e. The maximum atomic E-state index is 12.0. The van der Waals surface area contributed by atoms with Crippen LogP contribution in [0.3, 0.4) is 0 Å². The summed E-state index contributed by atoms with van der Waals surface area (Å²) in [7, 11) is 0. The quantitative estimate of drug-likeness (QED) is 0.722. The molecule has 1 aromatic heterocycles. The van der Waals surface area contributed by atoms with Gasteiger partial charge >= 0.3 is 5.63 Å². The van der Waals surface area contributed by atoms with Crippen molar-refractivity contribution in [1.29, 1.82) is 0 Å². The summed E-state index contributed by atoms with van der Waals surface area (Å²) in [5.41, 5.74) is 1.11. The van der Waals surface area contributed by atoms with Crippen LogP contribution < -0.4 is 5.63 Å². The molecule has 0 saturated heterocycles. The van der Waals surface area contributed by atoms with Gasteiger partial charge in [-0.25, -0.2) is 4.79 Å². The predicted molar refractivity (Wildman–Crippen MR) is 79.1 cm³/mol. The van der Waals surface area contributed by atoms with E-state index in [1.165, 1.54) is 0 Å². The summed E-state index contributed by atoms with van der Waals surface area (Å²) in [4.78, 5) is 12.0. The van der Waals surface area contributed by atoms with Crippen LogP contribution in [-0.4, -0.2) is 10.2 Å². The second-order valence-electron chi connectivity index (χ2n) is 4.12. The first kappa shape index (κ1) is 12.7. The summed E-state index contributed by atoms with van der Waals surface area (Å²) in [6, 6.07) is 16.4. The molecular formula is C15H9BrN2O2. The number of halogens is 1. The Hall–Kier alpha value is -2.27. The van der Waals surface area contributed by atoms with Crippen molar-refractivity contribution in [3.8, 4) is 22.7 Å². The summed E-state index contributed by atoms with van der Waals surface area (Å²) >= 11 is 3.35. The highest BCUT2D eigenvalue weighted by Crippen LogP contribution is 2.19. The molecule has 0 radical (unpaired) electrons. The zero-order valence-corrected chi connectivity index (χ0v) is 11.9. The van der Waals surface area contributed by atoms with Crippen LogP contribution in [0, 0.1) is 0 Å². The van der Waals surface area contributed by atoms with Gasteiger partial charge in [-0.3, -0.25) is 0 Å². The van der Waals surface area contributed by atoms with Crippen molar-refractivity contribution >= 4 is 15.9 Å². The van der Waals surface area contributed by atoms with Gasteiger partial charge in [0.1, 0.15) is 0 Å². The summed E-state index contributed by atoms with van der Waals surface area (Å²) in [6.07, 6.45) is 0. The fourth-order valence-electron chi connectivity index (χ4n) is 1.77. The van der Waals surface area contributed by atoms with E-state index in [4.69, 9.17) is 4.42 Å². The van der Waals surface area contributed by atoms with Crippen LogP contribution in [0.4, 0.5) is 0 Å². The summed E-state index contributed by atoms with van der Waals surface area (Å²) in [6.45, 7) is 0. The average Bonchev–Trinajstić information content (AvgIpc) is 2.49. The Bertz CT molecular complexity index is 783. The molecule has 2 aromatic carbocycles. The molecule has 5 heteroatoms. The van der Waals surface area contributed by atoms with E-state index >= 15 is 0 Å². The van der Waals surface area contributed by atoms with Crippen LogP contribution in [-0.2, 0) is 0 Å². The molecule has 4 nitrogen and oxygen atoms in total. The second kappa shape index (κ2) is 5.38. The predicted octanol–water partition coefficient (Wildman–Crippen LogP) is 3.53. The van der Waals surface area contributed by atoms with Gasteiger partial charge in [-0.05, 0) is 24.3 Å². The zero-order valence-electron chi connectivity index (χ0n) is 10.3. The molecule has 0 aliphatic carbocycles. The van der Waals surface area contributed by atoms with E-state index in [-0.39, 0.29) is 11.6 Å². The van der Waals surface area contributed by atoms with Crippen molar-refractivity contribution in [1.82, 2.24) is 10.2 Å². The molecule has 0 N–H and O–H groups in total. The highest BCUT2D eigenvalue weighted by molar-refractivity contribution is 9.10. The van der Waals surface area contributed by atoms with Crippen LogP contribution in [0.1, 0.15) is 0 Å². The van der Waals surface area contributed by atoms with E-state index in [0.29, 0.717) is 11.1 Å². The number of nitrogens with zero attached hydrogens (tertiary/aromatic N) is 2. The first-order valence-electron chi connectivity index (χ1n) is 5.93. The molecule has 0 unspecified atom stereocenters. The van der Waals surface area contributed by atoms with Crippen molar-refractivity contribution in [2.45, 2.75) is 0 Å². The molecule has 3 aromatic rings. The minimum atomic E-state index is -0.496. The molecule has 0 aliphatic rings. The van der Waals surface area contributed by atoms with Crippen molar-refractivity contribution in [2.24, 2.45) is 0 Å². The minimum Gasteiger partial charge on any atom is -0.400 e. The Balaban J connectivity index is 2.04. The molecule has 0 aliphatic heterocycles. The Kier molecular flexibility index (Phi) is 3.43. The van der Waals surface area contributed by atoms with Gasteiger partial charge in [-0.1, -0.05) is 46.3 Å². The Morgan fingerprint density at radius 1 is 0.850 bits per heavy atom.